The fourth-order valence-electron chi connectivity index (χ4n) is 3.89. The molecule has 0 aromatic heterocycles. The second kappa shape index (κ2) is 8.51. The summed E-state index contributed by atoms with van der Waals surface area (Å²) in [5.74, 6) is -0.824. The zero-order chi connectivity index (χ0) is 22.0. The molecule has 160 valence electrons. The van der Waals surface area contributed by atoms with Gasteiger partial charge in [-0.25, -0.2) is 9.18 Å². The lowest BCUT2D eigenvalue weighted by molar-refractivity contribution is -0.136. The first-order valence-corrected chi connectivity index (χ1v) is 10.4. The molecule has 2 aromatic carbocycles. The number of nitrogens with one attached hydrogen (secondary N) is 1. The van der Waals surface area contributed by atoms with Crippen LogP contribution in [0, 0.1) is 5.82 Å². The van der Waals surface area contributed by atoms with Gasteiger partial charge in [0.1, 0.15) is 11.4 Å². The van der Waals surface area contributed by atoms with Crippen LogP contribution >= 0.6 is 11.6 Å². The molecule has 1 spiro atoms. The molecule has 6 nitrogen and oxygen atoms in total. The average Bonchev–Trinajstić information content (AvgIpc) is 2.99. The molecule has 2 aromatic rings. The SMILES string of the molecule is O=C(/C=C/c1ccc(Cl)cc1)N1CCC2(CC1)NC(=O)N(Cc1ccc(F)cc1)C2=O. The number of imide groups is 1. The van der Waals surface area contributed by atoms with Crippen LogP contribution in [0.1, 0.15) is 24.0 Å². The second-order valence-corrected chi connectivity index (χ2v) is 8.18. The van der Waals surface area contributed by atoms with Crippen LogP contribution in [0.25, 0.3) is 6.08 Å². The first-order valence-electron chi connectivity index (χ1n) is 9.97. The van der Waals surface area contributed by atoms with E-state index in [4.69, 9.17) is 11.6 Å². The molecule has 0 radical (unpaired) electrons. The van der Waals surface area contributed by atoms with Crippen molar-refractivity contribution in [2.75, 3.05) is 13.1 Å². The smallest absolute Gasteiger partial charge is 0.325 e. The number of urea groups is 1. The van der Waals surface area contributed by atoms with Gasteiger partial charge in [0.2, 0.25) is 5.91 Å². The van der Waals surface area contributed by atoms with Crippen molar-refractivity contribution in [3.05, 3.63) is 76.6 Å². The molecule has 0 saturated carbocycles. The number of hydrogen-bond acceptors (Lipinski definition) is 3. The van der Waals surface area contributed by atoms with Crippen molar-refractivity contribution in [3.63, 3.8) is 0 Å². The van der Waals surface area contributed by atoms with Gasteiger partial charge in [0.25, 0.3) is 5.91 Å². The second-order valence-electron chi connectivity index (χ2n) is 7.74. The van der Waals surface area contributed by atoms with E-state index in [2.05, 4.69) is 5.32 Å². The molecule has 2 saturated heterocycles. The topological polar surface area (TPSA) is 69.7 Å². The van der Waals surface area contributed by atoms with E-state index in [0.29, 0.717) is 36.5 Å². The standard InChI is InChI=1S/C23H21ClFN3O3/c24-18-6-1-16(2-7-18)5-10-20(29)27-13-11-23(12-14-27)21(30)28(22(31)26-23)15-17-3-8-19(25)9-4-17/h1-10H,11-15H2,(H,26,31)/b10-5+. The molecule has 1 N–H and O–H groups in total. The van der Waals surface area contributed by atoms with E-state index < -0.39 is 11.6 Å². The molecule has 8 heteroatoms. The van der Waals surface area contributed by atoms with Crippen LogP contribution in [0.4, 0.5) is 9.18 Å². The van der Waals surface area contributed by atoms with Crippen LogP contribution < -0.4 is 5.32 Å². The number of nitrogens with zero attached hydrogens (tertiary/aromatic N) is 2. The van der Waals surface area contributed by atoms with Crippen molar-refractivity contribution in [1.82, 2.24) is 15.1 Å². The summed E-state index contributed by atoms with van der Waals surface area (Å²) in [5, 5.41) is 3.44. The van der Waals surface area contributed by atoms with Gasteiger partial charge >= 0.3 is 6.03 Å². The quantitative estimate of drug-likeness (QED) is 0.582. The predicted octanol–water partition coefficient (Wildman–Crippen LogP) is 3.61. The molecular formula is C23H21ClFN3O3. The number of carbonyl (C=O) groups excluding carboxylic acids is 3. The summed E-state index contributed by atoms with van der Waals surface area (Å²) in [4.78, 5) is 40.8. The van der Waals surface area contributed by atoms with Crippen molar-refractivity contribution in [2.24, 2.45) is 0 Å². The highest BCUT2D eigenvalue weighted by Crippen LogP contribution is 2.30. The van der Waals surface area contributed by atoms with Gasteiger partial charge in [-0.1, -0.05) is 35.9 Å². The lowest BCUT2D eigenvalue weighted by Gasteiger charge is -2.36. The van der Waals surface area contributed by atoms with Crippen LogP contribution in [-0.2, 0) is 16.1 Å². The van der Waals surface area contributed by atoms with Crippen LogP contribution in [0.5, 0.6) is 0 Å². The van der Waals surface area contributed by atoms with E-state index in [1.54, 1.807) is 35.2 Å². The van der Waals surface area contributed by atoms with E-state index in [-0.39, 0.29) is 24.2 Å². The third-order valence-electron chi connectivity index (χ3n) is 5.72. The minimum Gasteiger partial charge on any atom is -0.339 e. The lowest BCUT2D eigenvalue weighted by atomic mass is 9.87. The zero-order valence-electron chi connectivity index (χ0n) is 16.7. The van der Waals surface area contributed by atoms with Gasteiger partial charge in [0.05, 0.1) is 6.54 Å². The molecule has 0 atom stereocenters. The van der Waals surface area contributed by atoms with Crippen molar-refractivity contribution in [3.8, 4) is 0 Å². The lowest BCUT2D eigenvalue weighted by Crippen LogP contribution is -2.55. The van der Waals surface area contributed by atoms with Gasteiger partial charge in [0, 0.05) is 24.2 Å². The van der Waals surface area contributed by atoms with Gasteiger partial charge in [-0.05, 0) is 54.3 Å². The Morgan fingerprint density at radius 2 is 1.71 bits per heavy atom. The molecule has 4 rings (SSSR count). The molecule has 2 fully saturated rings. The Labute approximate surface area is 184 Å². The highest BCUT2D eigenvalue weighted by Gasteiger charge is 2.52. The largest absolute Gasteiger partial charge is 0.339 e. The maximum atomic E-state index is 13.1. The average molecular weight is 442 g/mol. The number of halogens is 2. The number of benzene rings is 2. The number of carbonyl (C=O) groups is 3. The monoisotopic (exact) mass is 441 g/mol. The Bertz CT molecular complexity index is 1030. The predicted molar refractivity (Wildman–Crippen MR) is 115 cm³/mol. The van der Waals surface area contributed by atoms with Crippen molar-refractivity contribution in [2.45, 2.75) is 24.9 Å². The number of piperidine rings is 1. The van der Waals surface area contributed by atoms with Gasteiger partial charge in [-0.2, -0.15) is 0 Å². The maximum Gasteiger partial charge on any atom is 0.325 e. The molecule has 2 aliphatic rings. The molecule has 31 heavy (non-hydrogen) atoms. The van der Waals surface area contributed by atoms with E-state index >= 15 is 0 Å². The number of hydrogen-bond donors (Lipinski definition) is 1. The highest BCUT2D eigenvalue weighted by molar-refractivity contribution is 6.30. The molecule has 2 heterocycles. The molecule has 4 amide bonds. The van der Waals surface area contributed by atoms with Crippen LogP contribution in [0.3, 0.4) is 0 Å². The minimum absolute atomic E-state index is 0.0825. The van der Waals surface area contributed by atoms with E-state index in [9.17, 15) is 18.8 Å². The Hall–Kier alpha value is -3.19. The Morgan fingerprint density at radius 1 is 1.06 bits per heavy atom. The van der Waals surface area contributed by atoms with Crippen molar-refractivity contribution < 1.29 is 18.8 Å². The normalized spacial score (nSPS) is 18.1. The Kier molecular flexibility index (Phi) is 5.78. The Balaban J connectivity index is 1.37. The molecule has 0 bridgehead atoms. The number of rotatable bonds is 4. The van der Waals surface area contributed by atoms with Gasteiger partial charge < -0.3 is 10.2 Å². The maximum absolute atomic E-state index is 13.1. The van der Waals surface area contributed by atoms with Gasteiger partial charge in [-0.3, -0.25) is 14.5 Å². The summed E-state index contributed by atoms with van der Waals surface area (Å²) < 4.78 is 13.1. The summed E-state index contributed by atoms with van der Waals surface area (Å²) in [6.07, 6.45) is 3.91. The third-order valence-corrected chi connectivity index (χ3v) is 5.97. The van der Waals surface area contributed by atoms with Crippen molar-refractivity contribution in [1.29, 1.82) is 0 Å². The summed E-state index contributed by atoms with van der Waals surface area (Å²) in [6.45, 7) is 0.805. The summed E-state index contributed by atoms with van der Waals surface area (Å²) in [5.41, 5.74) is 0.538. The molecular weight excluding hydrogens is 421 g/mol. The summed E-state index contributed by atoms with van der Waals surface area (Å²) in [7, 11) is 0. The zero-order valence-corrected chi connectivity index (χ0v) is 17.4. The third kappa shape index (κ3) is 4.46. The summed E-state index contributed by atoms with van der Waals surface area (Å²) in [6, 6.07) is 12.4. The molecule has 0 unspecified atom stereocenters. The Morgan fingerprint density at radius 3 is 2.35 bits per heavy atom. The van der Waals surface area contributed by atoms with Crippen LogP contribution in [0.2, 0.25) is 5.02 Å². The van der Waals surface area contributed by atoms with E-state index in [1.807, 2.05) is 12.1 Å². The highest BCUT2D eigenvalue weighted by atomic mass is 35.5. The fraction of sp³-hybridized carbons (Fsp3) is 0.261. The summed E-state index contributed by atoms with van der Waals surface area (Å²) >= 11 is 5.86. The first-order chi connectivity index (χ1) is 14.9. The number of likely N-dealkylation sites (tertiary alicyclic amines) is 1. The number of amides is 4. The van der Waals surface area contributed by atoms with Crippen molar-refractivity contribution >= 4 is 35.5 Å². The minimum atomic E-state index is -0.992. The van der Waals surface area contributed by atoms with E-state index in [1.165, 1.54) is 18.2 Å². The molecule has 0 aliphatic carbocycles. The van der Waals surface area contributed by atoms with Gasteiger partial charge in [-0.15, -0.1) is 0 Å². The molecule has 2 aliphatic heterocycles. The van der Waals surface area contributed by atoms with Crippen LogP contribution in [0.15, 0.2) is 54.6 Å². The fourth-order valence-corrected chi connectivity index (χ4v) is 4.01. The van der Waals surface area contributed by atoms with Crippen LogP contribution in [-0.4, -0.2) is 46.3 Å². The first kappa shape index (κ1) is 21.1. The van der Waals surface area contributed by atoms with Gasteiger partial charge in [0.15, 0.2) is 0 Å². The van der Waals surface area contributed by atoms with E-state index in [0.717, 1.165) is 10.5 Å².